The molecule has 1 aromatic carbocycles. The van der Waals surface area contributed by atoms with Crippen LogP contribution in [-0.2, 0) is 11.3 Å². The lowest BCUT2D eigenvalue weighted by Gasteiger charge is -2.31. The first-order valence-corrected chi connectivity index (χ1v) is 11.7. The summed E-state index contributed by atoms with van der Waals surface area (Å²) in [4.78, 5) is 7.13. The molecule has 7 heteroatoms. The van der Waals surface area contributed by atoms with Gasteiger partial charge in [-0.2, -0.15) is 0 Å². The van der Waals surface area contributed by atoms with Crippen molar-refractivity contribution < 1.29 is 9.47 Å². The molecule has 1 heterocycles. The van der Waals surface area contributed by atoms with Crippen molar-refractivity contribution in [3.8, 4) is 5.75 Å². The monoisotopic (exact) mass is 546 g/mol. The Labute approximate surface area is 206 Å². The van der Waals surface area contributed by atoms with Gasteiger partial charge in [-0.05, 0) is 50.9 Å². The fourth-order valence-electron chi connectivity index (χ4n) is 3.62. The molecule has 0 radical (unpaired) electrons. The van der Waals surface area contributed by atoms with E-state index in [0.29, 0.717) is 19.2 Å². The van der Waals surface area contributed by atoms with Gasteiger partial charge in [0.2, 0.25) is 0 Å². The van der Waals surface area contributed by atoms with Gasteiger partial charge >= 0.3 is 0 Å². The summed E-state index contributed by atoms with van der Waals surface area (Å²) in [5, 5.41) is 6.76. The van der Waals surface area contributed by atoms with Gasteiger partial charge in [-0.3, -0.25) is 4.90 Å². The standard InChI is InChI=1S/C24H42N4O2.HI/c1-4-6-7-8-14-26-24(25-5-2)27-20-21-10-9-11-23(19-21)30-18-15-28(3)22-12-16-29-17-13-22;/h9-11,19,22H,4-8,12-18,20H2,1-3H3,(H2,25,26,27);1H. The molecule has 178 valence electrons. The fraction of sp³-hybridized carbons (Fsp3) is 0.708. The highest BCUT2D eigenvalue weighted by atomic mass is 127. The number of aliphatic imine (C=N–C) groups is 1. The van der Waals surface area contributed by atoms with E-state index in [9.17, 15) is 0 Å². The predicted octanol–water partition coefficient (Wildman–Crippen LogP) is 4.43. The minimum atomic E-state index is 0. The normalized spacial score (nSPS) is 14.9. The third-order valence-corrected chi connectivity index (χ3v) is 5.51. The molecule has 0 aliphatic carbocycles. The molecule has 2 N–H and O–H groups in total. The smallest absolute Gasteiger partial charge is 0.191 e. The van der Waals surface area contributed by atoms with E-state index in [2.05, 4.69) is 48.6 Å². The Morgan fingerprint density at radius 1 is 1.16 bits per heavy atom. The van der Waals surface area contributed by atoms with Crippen LogP contribution in [0.15, 0.2) is 29.3 Å². The molecule has 31 heavy (non-hydrogen) atoms. The van der Waals surface area contributed by atoms with Crippen LogP contribution in [0.1, 0.15) is 57.9 Å². The van der Waals surface area contributed by atoms with Crippen LogP contribution < -0.4 is 15.4 Å². The molecule has 1 fully saturated rings. The molecular formula is C24H43IN4O2. The summed E-state index contributed by atoms with van der Waals surface area (Å²) in [5.74, 6) is 1.80. The predicted molar refractivity (Wildman–Crippen MR) is 141 cm³/mol. The van der Waals surface area contributed by atoms with Crippen LogP contribution in [-0.4, -0.2) is 63.4 Å². The van der Waals surface area contributed by atoms with Crippen molar-refractivity contribution in [2.24, 2.45) is 4.99 Å². The highest BCUT2D eigenvalue weighted by molar-refractivity contribution is 14.0. The molecule has 0 amide bonds. The number of nitrogens with one attached hydrogen (secondary N) is 2. The van der Waals surface area contributed by atoms with E-state index >= 15 is 0 Å². The molecule has 0 atom stereocenters. The molecule has 1 aromatic rings. The van der Waals surface area contributed by atoms with Crippen LogP contribution in [0.25, 0.3) is 0 Å². The van der Waals surface area contributed by atoms with Crippen molar-refractivity contribution in [3.63, 3.8) is 0 Å². The van der Waals surface area contributed by atoms with Crippen LogP contribution >= 0.6 is 24.0 Å². The Hall–Kier alpha value is -1.06. The summed E-state index contributed by atoms with van der Waals surface area (Å²) in [6, 6.07) is 8.90. The van der Waals surface area contributed by atoms with Gasteiger partial charge in [0, 0.05) is 38.9 Å². The number of guanidine groups is 1. The average Bonchev–Trinajstić information content (AvgIpc) is 2.78. The quantitative estimate of drug-likeness (QED) is 0.166. The summed E-state index contributed by atoms with van der Waals surface area (Å²) in [6.45, 7) is 10.2. The van der Waals surface area contributed by atoms with Gasteiger partial charge in [0.15, 0.2) is 5.96 Å². The SMILES string of the molecule is CCCCCCNC(=NCc1cccc(OCCN(C)C2CCOCC2)c1)NCC.I. The summed E-state index contributed by atoms with van der Waals surface area (Å²) < 4.78 is 11.5. The molecule has 1 aliphatic heterocycles. The number of benzene rings is 1. The highest BCUT2D eigenvalue weighted by Gasteiger charge is 2.17. The van der Waals surface area contributed by atoms with E-state index < -0.39 is 0 Å². The van der Waals surface area contributed by atoms with Crippen molar-refractivity contribution in [1.29, 1.82) is 0 Å². The number of likely N-dealkylation sites (N-methyl/N-ethyl adjacent to an activating group) is 1. The second-order valence-corrected chi connectivity index (χ2v) is 8.00. The van der Waals surface area contributed by atoms with E-state index in [0.717, 1.165) is 63.0 Å². The van der Waals surface area contributed by atoms with Crippen molar-refractivity contribution >= 4 is 29.9 Å². The number of halogens is 1. The molecule has 0 spiro atoms. The Balaban J connectivity index is 0.00000480. The zero-order chi connectivity index (χ0) is 21.4. The minimum Gasteiger partial charge on any atom is -0.492 e. The number of rotatable bonds is 13. The third-order valence-electron chi connectivity index (χ3n) is 5.51. The molecule has 0 bridgehead atoms. The number of hydrogen-bond acceptors (Lipinski definition) is 4. The molecule has 1 saturated heterocycles. The zero-order valence-electron chi connectivity index (χ0n) is 19.7. The van der Waals surface area contributed by atoms with E-state index in [1.54, 1.807) is 0 Å². The maximum absolute atomic E-state index is 6.01. The second-order valence-electron chi connectivity index (χ2n) is 8.00. The van der Waals surface area contributed by atoms with Crippen LogP contribution in [0, 0.1) is 0 Å². The van der Waals surface area contributed by atoms with Crippen molar-refractivity contribution in [2.45, 2.75) is 65.0 Å². The third kappa shape index (κ3) is 11.9. The number of hydrogen-bond donors (Lipinski definition) is 2. The largest absolute Gasteiger partial charge is 0.492 e. The fourth-order valence-corrected chi connectivity index (χ4v) is 3.62. The molecule has 0 aromatic heterocycles. The van der Waals surface area contributed by atoms with Gasteiger partial charge in [0.25, 0.3) is 0 Å². The number of nitrogens with zero attached hydrogens (tertiary/aromatic N) is 2. The Bertz CT molecular complexity index is 609. The van der Waals surface area contributed by atoms with Gasteiger partial charge in [-0.25, -0.2) is 4.99 Å². The summed E-state index contributed by atoms with van der Waals surface area (Å²) in [5.41, 5.74) is 1.16. The average molecular weight is 547 g/mol. The number of ether oxygens (including phenoxy) is 2. The molecule has 0 saturated carbocycles. The van der Waals surface area contributed by atoms with E-state index in [1.807, 2.05) is 12.1 Å². The van der Waals surface area contributed by atoms with Gasteiger partial charge in [0.1, 0.15) is 12.4 Å². The first kappa shape index (κ1) is 28.0. The van der Waals surface area contributed by atoms with E-state index in [-0.39, 0.29) is 24.0 Å². The number of unbranched alkanes of at least 4 members (excludes halogenated alkanes) is 3. The zero-order valence-corrected chi connectivity index (χ0v) is 22.0. The molecule has 1 aliphatic rings. The summed E-state index contributed by atoms with van der Waals surface area (Å²) >= 11 is 0. The Morgan fingerprint density at radius 2 is 1.97 bits per heavy atom. The van der Waals surface area contributed by atoms with Crippen LogP contribution in [0.5, 0.6) is 5.75 Å². The minimum absolute atomic E-state index is 0. The molecule has 6 nitrogen and oxygen atoms in total. The van der Waals surface area contributed by atoms with E-state index in [1.165, 1.54) is 25.7 Å². The molecular weight excluding hydrogens is 503 g/mol. The van der Waals surface area contributed by atoms with Gasteiger partial charge < -0.3 is 20.1 Å². The summed E-state index contributed by atoms with van der Waals surface area (Å²) in [6.07, 6.45) is 7.25. The highest BCUT2D eigenvalue weighted by Crippen LogP contribution is 2.15. The molecule has 2 rings (SSSR count). The maximum Gasteiger partial charge on any atom is 0.191 e. The topological polar surface area (TPSA) is 58.1 Å². The maximum atomic E-state index is 6.01. The lowest BCUT2D eigenvalue weighted by Crippen LogP contribution is -2.38. The van der Waals surface area contributed by atoms with Crippen LogP contribution in [0.4, 0.5) is 0 Å². The molecule has 0 unspecified atom stereocenters. The lowest BCUT2D eigenvalue weighted by molar-refractivity contribution is 0.0392. The van der Waals surface area contributed by atoms with Crippen molar-refractivity contribution in [3.05, 3.63) is 29.8 Å². The van der Waals surface area contributed by atoms with Crippen LogP contribution in [0.2, 0.25) is 0 Å². The lowest BCUT2D eigenvalue weighted by atomic mass is 10.1. The first-order chi connectivity index (χ1) is 14.7. The van der Waals surface area contributed by atoms with Crippen LogP contribution in [0.3, 0.4) is 0 Å². The first-order valence-electron chi connectivity index (χ1n) is 11.7. The van der Waals surface area contributed by atoms with E-state index in [4.69, 9.17) is 14.5 Å². The Kier molecular flexibility index (Phi) is 15.8. The Morgan fingerprint density at radius 3 is 2.71 bits per heavy atom. The van der Waals surface area contributed by atoms with Crippen molar-refractivity contribution in [1.82, 2.24) is 15.5 Å². The van der Waals surface area contributed by atoms with Gasteiger partial charge in [-0.15, -0.1) is 24.0 Å². The summed E-state index contributed by atoms with van der Waals surface area (Å²) in [7, 11) is 2.18. The van der Waals surface area contributed by atoms with Crippen molar-refractivity contribution in [2.75, 3.05) is 46.5 Å². The van der Waals surface area contributed by atoms with Gasteiger partial charge in [-0.1, -0.05) is 38.3 Å². The second kappa shape index (κ2) is 17.5. The van der Waals surface area contributed by atoms with Gasteiger partial charge in [0.05, 0.1) is 6.54 Å².